The molecular weight excluding hydrogens is 236 g/mol. The lowest BCUT2D eigenvalue weighted by Gasteiger charge is -2.30. The third-order valence-corrected chi connectivity index (χ3v) is 4.21. The molecule has 0 saturated heterocycles. The number of amides is 1. The van der Waals surface area contributed by atoms with Crippen LogP contribution in [0.5, 0.6) is 0 Å². The second-order valence-electron chi connectivity index (χ2n) is 5.53. The Bertz CT molecular complexity index is 404. The molecule has 1 saturated carbocycles. The molecule has 1 fully saturated rings. The lowest BCUT2D eigenvalue weighted by atomic mass is 9.78. The van der Waals surface area contributed by atoms with Crippen molar-refractivity contribution in [3.8, 4) is 0 Å². The van der Waals surface area contributed by atoms with Crippen molar-refractivity contribution in [2.75, 3.05) is 6.54 Å². The summed E-state index contributed by atoms with van der Waals surface area (Å²) in [6.07, 6.45) is 4.43. The molecule has 0 aromatic heterocycles. The van der Waals surface area contributed by atoms with E-state index in [0.29, 0.717) is 12.5 Å². The van der Waals surface area contributed by atoms with Crippen LogP contribution in [-0.4, -0.2) is 12.5 Å². The maximum absolute atomic E-state index is 12.4. The normalized spacial score (nSPS) is 24.7. The van der Waals surface area contributed by atoms with Crippen LogP contribution in [0.1, 0.15) is 44.2 Å². The highest BCUT2D eigenvalue weighted by Gasteiger charge is 2.30. The van der Waals surface area contributed by atoms with E-state index in [1.807, 2.05) is 37.3 Å². The number of nitrogens with two attached hydrogens (primary N) is 1. The largest absolute Gasteiger partial charge is 0.349 e. The molecule has 0 aliphatic heterocycles. The Morgan fingerprint density at radius 2 is 2.00 bits per heavy atom. The standard InChI is InChI=1S/C16H24N2O/c1-12(13-7-3-2-4-8-13)18-16(19)15-10-6-5-9-14(15)11-17/h2-4,7-8,12,14-15H,5-6,9-11,17H2,1H3,(H,18,19)/t12-,14?,15?/m1/s1. The summed E-state index contributed by atoms with van der Waals surface area (Å²) in [5.74, 6) is 0.633. The van der Waals surface area contributed by atoms with Gasteiger partial charge in [0, 0.05) is 5.92 Å². The van der Waals surface area contributed by atoms with Crippen molar-refractivity contribution in [3.63, 3.8) is 0 Å². The highest BCUT2D eigenvalue weighted by Crippen LogP contribution is 2.30. The fourth-order valence-corrected chi connectivity index (χ4v) is 2.98. The van der Waals surface area contributed by atoms with Crippen molar-refractivity contribution in [1.29, 1.82) is 0 Å². The summed E-state index contributed by atoms with van der Waals surface area (Å²) in [6, 6.07) is 10.2. The Hall–Kier alpha value is -1.35. The molecule has 0 spiro atoms. The van der Waals surface area contributed by atoms with Gasteiger partial charge in [-0.2, -0.15) is 0 Å². The predicted molar refractivity (Wildman–Crippen MR) is 77.5 cm³/mol. The number of carbonyl (C=O) groups excluding carboxylic acids is 1. The van der Waals surface area contributed by atoms with Crippen LogP contribution in [0.3, 0.4) is 0 Å². The summed E-state index contributed by atoms with van der Waals surface area (Å²) < 4.78 is 0. The molecule has 3 heteroatoms. The van der Waals surface area contributed by atoms with Gasteiger partial charge < -0.3 is 11.1 Å². The van der Waals surface area contributed by atoms with Crippen molar-refractivity contribution >= 4 is 5.91 Å². The summed E-state index contributed by atoms with van der Waals surface area (Å²) >= 11 is 0. The van der Waals surface area contributed by atoms with E-state index in [2.05, 4.69) is 5.32 Å². The number of benzene rings is 1. The first-order valence-corrected chi connectivity index (χ1v) is 7.27. The first-order chi connectivity index (χ1) is 9.22. The van der Waals surface area contributed by atoms with Crippen molar-refractivity contribution in [1.82, 2.24) is 5.32 Å². The van der Waals surface area contributed by atoms with Gasteiger partial charge in [-0.3, -0.25) is 4.79 Å². The highest BCUT2D eigenvalue weighted by atomic mass is 16.1. The van der Waals surface area contributed by atoms with Gasteiger partial charge in [0.15, 0.2) is 0 Å². The monoisotopic (exact) mass is 260 g/mol. The van der Waals surface area contributed by atoms with Gasteiger partial charge >= 0.3 is 0 Å². The fourth-order valence-electron chi connectivity index (χ4n) is 2.98. The Morgan fingerprint density at radius 3 is 2.68 bits per heavy atom. The molecule has 0 bridgehead atoms. The van der Waals surface area contributed by atoms with Crippen LogP contribution in [-0.2, 0) is 4.79 Å². The molecule has 3 N–H and O–H groups in total. The van der Waals surface area contributed by atoms with Gasteiger partial charge in [-0.25, -0.2) is 0 Å². The second-order valence-corrected chi connectivity index (χ2v) is 5.53. The Morgan fingerprint density at radius 1 is 1.32 bits per heavy atom. The molecule has 19 heavy (non-hydrogen) atoms. The van der Waals surface area contributed by atoms with Crippen LogP contribution in [0.25, 0.3) is 0 Å². The van der Waals surface area contributed by atoms with E-state index in [4.69, 9.17) is 5.73 Å². The molecule has 0 radical (unpaired) electrons. The summed E-state index contributed by atoms with van der Waals surface area (Å²) in [5, 5.41) is 3.14. The van der Waals surface area contributed by atoms with E-state index in [1.54, 1.807) is 0 Å². The van der Waals surface area contributed by atoms with Gasteiger partial charge in [0.1, 0.15) is 0 Å². The summed E-state index contributed by atoms with van der Waals surface area (Å²) in [7, 11) is 0. The maximum Gasteiger partial charge on any atom is 0.223 e. The molecule has 3 atom stereocenters. The molecule has 1 amide bonds. The molecule has 2 rings (SSSR count). The van der Waals surface area contributed by atoms with Crippen molar-refractivity contribution in [3.05, 3.63) is 35.9 Å². The lowest BCUT2D eigenvalue weighted by molar-refractivity contribution is -0.128. The van der Waals surface area contributed by atoms with Crippen molar-refractivity contribution in [2.45, 2.75) is 38.6 Å². The summed E-state index contributed by atoms with van der Waals surface area (Å²) in [5.41, 5.74) is 6.94. The first-order valence-electron chi connectivity index (χ1n) is 7.27. The number of rotatable bonds is 4. The minimum atomic E-state index is 0.0639. The lowest BCUT2D eigenvalue weighted by Crippen LogP contribution is -2.40. The van der Waals surface area contributed by atoms with E-state index in [1.165, 1.54) is 6.42 Å². The smallest absolute Gasteiger partial charge is 0.223 e. The van der Waals surface area contributed by atoms with Crippen LogP contribution in [0.2, 0.25) is 0 Å². The first kappa shape index (κ1) is 14.1. The molecule has 1 aromatic carbocycles. The molecule has 0 heterocycles. The van der Waals surface area contributed by atoms with Gasteiger partial charge in [-0.15, -0.1) is 0 Å². The number of hydrogen-bond donors (Lipinski definition) is 2. The highest BCUT2D eigenvalue weighted by molar-refractivity contribution is 5.79. The topological polar surface area (TPSA) is 55.1 Å². The van der Waals surface area contributed by atoms with E-state index in [0.717, 1.165) is 24.8 Å². The maximum atomic E-state index is 12.4. The summed E-state index contributed by atoms with van der Waals surface area (Å²) in [6.45, 7) is 2.66. The predicted octanol–water partition coefficient (Wildman–Crippen LogP) is 2.63. The zero-order valence-electron chi connectivity index (χ0n) is 11.6. The van der Waals surface area contributed by atoms with Gasteiger partial charge in [0.05, 0.1) is 6.04 Å². The molecule has 1 aliphatic rings. The molecule has 1 aromatic rings. The van der Waals surface area contributed by atoms with Gasteiger partial charge in [-0.05, 0) is 37.8 Å². The SMILES string of the molecule is C[C@@H](NC(=O)C1CCCCC1CN)c1ccccc1. The second kappa shape index (κ2) is 6.71. The minimum Gasteiger partial charge on any atom is -0.349 e. The minimum absolute atomic E-state index is 0.0639. The molecular formula is C16H24N2O. The van der Waals surface area contributed by atoms with E-state index in [9.17, 15) is 4.79 Å². The zero-order valence-corrected chi connectivity index (χ0v) is 11.6. The number of carbonyl (C=O) groups is 1. The van der Waals surface area contributed by atoms with Crippen LogP contribution < -0.4 is 11.1 Å². The molecule has 2 unspecified atom stereocenters. The molecule has 1 aliphatic carbocycles. The van der Waals surface area contributed by atoms with Gasteiger partial charge in [0.25, 0.3) is 0 Å². The molecule has 3 nitrogen and oxygen atoms in total. The quantitative estimate of drug-likeness (QED) is 0.874. The summed E-state index contributed by atoms with van der Waals surface area (Å²) in [4.78, 5) is 12.4. The van der Waals surface area contributed by atoms with Crippen LogP contribution in [0, 0.1) is 11.8 Å². The van der Waals surface area contributed by atoms with E-state index in [-0.39, 0.29) is 17.9 Å². The Balaban J connectivity index is 1.96. The molecule has 104 valence electrons. The number of nitrogens with one attached hydrogen (secondary N) is 1. The average Bonchev–Trinajstić information content (AvgIpc) is 2.48. The van der Waals surface area contributed by atoms with Gasteiger partial charge in [-0.1, -0.05) is 43.2 Å². The zero-order chi connectivity index (χ0) is 13.7. The van der Waals surface area contributed by atoms with Crippen LogP contribution in [0.15, 0.2) is 30.3 Å². The fraction of sp³-hybridized carbons (Fsp3) is 0.562. The third kappa shape index (κ3) is 3.57. The average molecular weight is 260 g/mol. The number of hydrogen-bond acceptors (Lipinski definition) is 2. The Labute approximate surface area is 115 Å². The van der Waals surface area contributed by atoms with E-state index < -0.39 is 0 Å². The van der Waals surface area contributed by atoms with Crippen molar-refractivity contribution in [2.24, 2.45) is 17.6 Å². The third-order valence-electron chi connectivity index (χ3n) is 4.21. The van der Waals surface area contributed by atoms with Gasteiger partial charge in [0.2, 0.25) is 5.91 Å². The van der Waals surface area contributed by atoms with Crippen LogP contribution in [0.4, 0.5) is 0 Å². The Kier molecular flexibility index (Phi) is 4.97. The van der Waals surface area contributed by atoms with E-state index >= 15 is 0 Å². The van der Waals surface area contributed by atoms with Crippen molar-refractivity contribution < 1.29 is 4.79 Å². The van der Waals surface area contributed by atoms with Crippen LogP contribution >= 0.6 is 0 Å².